The van der Waals surface area contributed by atoms with E-state index in [0.717, 1.165) is 25.3 Å². The fourth-order valence-corrected chi connectivity index (χ4v) is 8.83. The van der Waals surface area contributed by atoms with Gasteiger partial charge in [-0.15, -0.1) is 0 Å². The molecule has 33 heavy (non-hydrogen) atoms. The highest BCUT2D eigenvalue weighted by atomic mass is 32.2. The monoisotopic (exact) mass is 477 g/mol. The summed E-state index contributed by atoms with van der Waals surface area (Å²) in [4.78, 5) is 25.9. The Bertz CT molecular complexity index is 1010. The molecule has 0 amide bonds. The number of benzene rings is 1. The molecule has 1 aromatic carbocycles. The van der Waals surface area contributed by atoms with Crippen LogP contribution in [0.15, 0.2) is 29.2 Å². The fourth-order valence-electron chi connectivity index (χ4n) is 7.29. The van der Waals surface area contributed by atoms with E-state index in [1.165, 1.54) is 41.8 Å². The predicted octanol–water partition coefficient (Wildman–Crippen LogP) is 3.94. The maximum atomic E-state index is 14.0. The second-order valence-corrected chi connectivity index (χ2v) is 12.7. The van der Waals surface area contributed by atoms with E-state index in [9.17, 15) is 22.4 Å². The minimum atomic E-state index is -3.95. The number of halogens is 1. The lowest BCUT2D eigenvalue weighted by Gasteiger charge is -2.56. The average molecular weight is 478 g/mol. The number of carbonyl (C=O) groups excluding carboxylic acids is 2. The van der Waals surface area contributed by atoms with E-state index in [2.05, 4.69) is 0 Å². The van der Waals surface area contributed by atoms with E-state index in [0.29, 0.717) is 30.6 Å². The highest BCUT2D eigenvalue weighted by Gasteiger charge is 2.55. The van der Waals surface area contributed by atoms with Crippen molar-refractivity contribution in [3.63, 3.8) is 0 Å². The van der Waals surface area contributed by atoms with Crippen molar-refractivity contribution in [2.24, 2.45) is 29.1 Å². The SMILES string of the molecule is C[C@H](OC(=O)C1CCN(S(=O)(=O)c2ccccc2F)CC1)C(=O)C12CC3CC(CC(C3)C1)C2. The van der Waals surface area contributed by atoms with Gasteiger partial charge in [0.05, 0.1) is 5.92 Å². The van der Waals surface area contributed by atoms with Gasteiger partial charge in [0.1, 0.15) is 10.7 Å². The number of hydrogen-bond donors (Lipinski definition) is 0. The quantitative estimate of drug-likeness (QED) is 0.580. The van der Waals surface area contributed by atoms with E-state index in [1.807, 2.05) is 0 Å². The molecule has 6 rings (SSSR count). The van der Waals surface area contributed by atoms with Crippen LogP contribution >= 0.6 is 0 Å². The standard InChI is InChI=1S/C25H32FNO5S/c1-16(23(28)25-13-17-10-18(14-25)12-19(11-17)15-25)32-24(29)20-6-8-27(9-7-20)33(30,31)22-5-3-2-4-21(22)26/h2-5,16-20H,6-15H2,1H3/t16-,17?,18?,19?,25?/m0/s1. The van der Waals surface area contributed by atoms with Crippen molar-refractivity contribution in [1.82, 2.24) is 4.31 Å². The summed E-state index contributed by atoms with van der Waals surface area (Å²) in [5, 5.41) is 0. The number of ether oxygens (including phenoxy) is 1. The molecule has 180 valence electrons. The van der Waals surface area contributed by atoms with Crippen LogP contribution in [-0.4, -0.2) is 43.7 Å². The fraction of sp³-hybridized carbons (Fsp3) is 0.680. The first-order valence-electron chi connectivity index (χ1n) is 12.2. The van der Waals surface area contributed by atoms with Gasteiger partial charge in [-0.25, -0.2) is 12.8 Å². The molecule has 4 bridgehead atoms. The predicted molar refractivity (Wildman–Crippen MR) is 119 cm³/mol. The Labute approximate surface area is 194 Å². The minimum absolute atomic E-state index is 0.0783. The lowest BCUT2D eigenvalue weighted by molar-refractivity contribution is -0.168. The van der Waals surface area contributed by atoms with E-state index < -0.39 is 33.8 Å². The first-order chi connectivity index (χ1) is 15.7. The zero-order chi connectivity index (χ0) is 23.4. The Kier molecular flexibility index (Phi) is 5.88. The lowest BCUT2D eigenvalue weighted by atomic mass is 9.48. The van der Waals surface area contributed by atoms with Gasteiger partial charge in [0.15, 0.2) is 11.9 Å². The number of Topliss-reactive ketones (excluding diaryl/α,β-unsaturated/α-hetero) is 1. The number of carbonyl (C=O) groups is 2. The number of rotatable bonds is 6. The third-order valence-corrected chi connectivity index (χ3v) is 10.4. The van der Waals surface area contributed by atoms with Crippen LogP contribution in [0.1, 0.15) is 58.3 Å². The summed E-state index contributed by atoms with van der Waals surface area (Å²) in [6, 6.07) is 5.31. The van der Waals surface area contributed by atoms with Crippen LogP contribution in [-0.2, 0) is 24.3 Å². The number of esters is 1. The highest BCUT2D eigenvalue weighted by Crippen LogP contribution is 2.60. The molecule has 4 aliphatic carbocycles. The number of piperidine rings is 1. The molecule has 1 aromatic rings. The first kappa shape index (κ1) is 23.0. The van der Waals surface area contributed by atoms with Gasteiger partial charge in [0.25, 0.3) is 0 Å². The van der Waals surface area contributed by atoms with Gasteiger partial charge in [0, 0.05) is 18.5 Å². The minimum Gasteiger partial charge on any atom is -0.454 e. The zero-order valence-electron chi connectivity index (χ0n) is 19.0. The molecular weight excluding hydrogens is 445 g/mol. The van der Waals surface area contributed by atoms with Crippen LogP contribution in [0.2, 0.25) is 0 Å². The number of ketones is 1. The summed E-state index contributed by atoms with van der Waals surface area (Å²) in [5.41, 5.74) is -0.314. The van der Waals surface area contributed by atoms with Crippen LogP contribution in [0.25, 0.3) is 0 Å². The molecular formula is C25H32FNO5S. The molecule has 1 heterocycles. The van der Waals surface area contributed by atoms with Crippen molar-refractivity contribution in [1.29, 1.82) is 0 Å². The van der Waals surface area contributed by atoms with Crippen LogP contribution in [0.3, 0.4) is 0 Å². The summed E-state index contributed by atoms with van der Waals surface area (Å²) >= 11 is 0. The Morgan fingerprint density at radius 1 is 1.03 bits per heavy atom. The maximum Gasteiger partial charge on any atom is 0.309 e. The zero-order valence-corrected chi connectivity index (χ0v) is 19.9. The van der Waals surface area contributed by atoms with Gasteiger partial charge >= 0.3 is 5.97 Å². The Hall–Kier alpha value is -1.80. The van der Waals surface area contributed by atoms with E-state index in [1.54, 1.807) is 6.92 Å². The van der Waals surface area contributed by atoms with E-state index >= 15 is 0 Å². The molecule has 0 unspecified atom stereocenters. The normalized spacial score (nSPS) is 33.1. The van der Waals surface area contributed by atoms with Crippen molar-refractivity contribution in [2.75, 3.05) is 13.1 Å². The van der Waals surface area contributed by atoms with Crippen LogP contribution in [0.4, 0.5) is 4.39 Å². The summed E-state index contributed by atoms with van der Waals surface area (Å²) in [6.45, 7) is 1.93. The smallest absolute Gasteiger partial charge is 0.309 e. The van der Waals surface area contributed by atoms with Crippen molar-refractivity contribution in [2.45, 2.75) is 69.3 Å². The molecule has 1 atom stereocenters. The third kappa shape index (κ3) is 4.14. The van der Waals surface area contributed by atoms with E-state index in [4.69, 9.17) is 4.74 Å². The molecule has 8 heteroatoms. The van der Waals surface area contributed by atoms with Gasteiger partial charge in [-0.05, 0) is 88.2 Å². The third-order valence-electron chi connectivity index (χ3n) is 8.46. The highest BCUT2D eigenvalue weighted by molar-refractivity contribution is 7.89. The number of hydrogen-bond acceptors (Lipinski definition) is 5. The maximum absolute atomic E-state index is 14.0. The van der Waals surface area contributed by atoms with Crippen LogP contribution < -0.4 is 0 Å². The summed E-state index contributed by atoms with van der Waals surface area (Å²) in [7, 11) is -3.95. The average Bonchev–Trinajstić information content (AvgIpc) is 2.78. The topological polar surface area (TPSA) is 80.8 Å². The lowest BCUT2D eigenvalue weighted by Crippen LogP contribution is -2.53. The summed E-state index contributed by atoms with van der Waals surface area (Å²) < 4.78 is 46.5. The van der Waals surface area contributed by atoms with Crippen LogP contribution in [0, 0.1) is 34.9 Å². The van der Waals surface area contributed by atoms with Gasteiger partial charge in [-0.3, -0.25) is 9.59 Å². The second kappa shape index (κ2) is 8.45. The summed E-state index contributed by atoms with van der Waals surface area (Å²) in [5.74, 6) is 0.342. The number of nitrogens with zero attached hydrogens (tertiary/aromatic N) is 1. The van der Waals surface area contributed by atoms with Crippen molar-refractivity contribution in [3.05, 3.63) is 30.1 Å². The molecule has 0 aromatic heterocycles. The Morgan fingerprint density at radius 3 is 2.12 bits per heavy atom. The largest absolute Gasteiger partial charge is 0.454 e. The molecule has 0 spiro atoms. The number of sulfonamides is 1. The van der Waals surface area contributed by atoms with Crippen molar-refractivity contribution < 1.29 is 27.1 Å². The van der Waals surface area contributed by atoms with E-state index in [-0.39, 0.29) is 29.2 Å². The summed E-state index contributed by atoms with van der Waals surface area (Å²) in [6.07, 6.45) is 6.37. The molecule has 5 fully saturated rings. The van der Waals surface area contributed by atoms with Gasteiger partial charge in [-0.1, -0.05) is 12.1 Å². The van der Waals surface area contributed by atoms with Gasteiger partial charge in [-0.2, -0.15) is 4.31 Å². The van der Waals surface area contributed by atoms with Crippen LogP contribution in [0.5, 0.6) is 0 Å². The Morgan fingerprint density at radius 2 is 1.58 bits per heavy atom. The molecule has 1 aliphatic heterocycles. The second-order valence-electron chi connectivity index (χ2n) is 10.8. The van der Waals surface area contributed by atoms with Crippen molar-refractivity contribution in [3.8, 4) is 0 Å². The first-order valence-corrected chi connectivity index (χ1v) is 13.6. The molecule has 6 nitrogen and oxygen atoms in total. The van der Waals surface area contributed by atoms with Crippen molar-refractivity contribution >= 4 is 21.8 Å². The molecule has 1 saturated heterocycles. The van der Waals surface area contributed by atoms with Gasteiger partial charge in [0.2, 0.25) is 10.0 Å². The van der Waals surface area contributed by atoms with Gasteiger partial charge < -0.3 is 4.74 Å². The molecule has 5 aliphatic rings. The molecule has 0 N–H and O–H groups in total. The molecule has 4 saturated carbocycles. The molecule has 0 radical (unpaired) electrons. The Balaban J connectivity index is 1.18.